The van der Waals surface area contributed by atoms with Crippen molar-refractivity contribution in [1.82, 2.24) is 19.5 Å². The molecular weight excluding hydrogens is 318 g/mol. The first kappa shape index (κ1) is 11.4. The molecule has 3 heterocycles. The van der Waals surface area contributed by atoms with Crippen molar-refractivity contribution < 1.29 is 0 Å². The Morgan fingerprint density at radius 3 is 3.06 bits per heavy atom. The zero-order valence-electron chi connectivity index (χ0n) is 9.05. The first-order chi connectivity index (χ1) is 8.65. The minimum absolute atomic E-state index is 0.182. The van der Waals surface area contributed by atoms with E-state index < -0.39 is 0 Å². The number of aromatic amines is 1. The number of imidazole rings is 1. The van der Waals surface area contributed by atoms with Crippen molar-refractivity contribution in [3.63, 3.8) is 0 Å². The van der Waals surface area contributed by atoms with Crippen LogP contribution < -0.4 is 11.3 Å². The highest BCUT2D eigenvalue weighted by Gasteiger charge is 2.11. The van der Waals surface area contributed by atoms with Crippen LogP contribution in [0.25, 0.3) is 11.2 Å². The van der Waals surface area contributed by atoms with E-state index in [0.29, 0.717) is 17.7 Å². The Kier molecular flexibility index (Phi) is 2.67. The van der Waals surface area contributed by atoms with Crippen LogP contribution in [0.3, 0.4) is 0 Å². The number of anilines is 1. The molecule has 0 saturated carbocycles. The van der Waals surface area contributed by atoms with Crippen LogP contribution in [0.4, 0.5) is 5.95 Å². The minimum atomic E-state index is -0.233. The van der Waals surface area contributed by atoms with Gasteiger partial charge in [0.1, 0.15) is 0 Å². The second kappa shape index (κ2) is 4.21. The van der Waals surface area contributed by atoms with Crippen LogP contribution in [-0.2, 0) is 6.54 Å². The van der Waals surface area contributed by atoms with Crippen molar-refractivity contribution in [1.29, 1.82) is 0 Å². The predicted octanol–water partition coefficient (Wildman–Crippen LogP) is 1.57. The van der Waals surface area contributed by atoms with E-state index in [0.717, 1.165) is 8.66 Å². The average Bonchev–Trinajstić information content (AvgIpc) is 2.93. The largest absolute Gasteiger partial charge is 0.369 e. The summed E-state index contributed by atoms with van der Waals surface area (Å²) in [5.41, 5.74) is 6.29. The van der Waals surface area contributed by atoms with Gasteiger partial charge in [-0.3, -0.25) is 9.36 Å². The van der Waals surface area contributed by atoms with Gasteiger partial charge in [-0.15, -0.1) is 11.3 Å². The molecule has 8 heteroatoms. The maximum absolute atomic E-state index is 12.2. The number of aromatic nitrogens is 4. The number of nitrogen functional groups attached to an aromatic ring is 1. The molecule has 18 heavy (non-hydrogen) atoms. The van der Waals surface area contributed by atoms with Crippen LogP contribution in [0, 0.1) is 0 Å². The second-order valence-corrected chi connectivity index (χ2v) is 6.21. The molecule has 0 aromatic carbocycles. The van der Waals surface area contributed by atoms with Gasteiger partial charge in [-0.25, -0.2) is 4.98 Å². The molecule has 3 aromatic heterocycles. The summed E-state index contributed by atoms with van der Waals surface area (Å²) in [4.78, 5) is 24.0. The molecule has 0 radical (unpaired) electrons. The van der Waals surface area contributed by atoms with Crippen LogP contribution in [0.5, 0.6) is 0 Å². The molecule has 3 rings (SSSR count). The lowest BCUT2D eigenvalue weighted by Crippen LogP contribution is -2.24. The van der Waals surface area contributed by atoms with Gasteiger partial charge in [0.25, 0.3) is 5.56 Å². The molecule has 0 bridgehead atoms. The second-order valence-electron chi connectivity index (χ2n) is 3.67. The lowest BCUT2D eigenvalue weighted by molar-refractivity contribution is 0.772. The quantitative estimate of drug-likeness (QED) is 0.748. The number of nitrogens with two attached hydrogens (primary N) is 1. The lowest BCUT2D eigenvalue weighted by Gasteiger charge is -2.06. The van der Waals surface area contributed by atoms with E-state index >= 15 is 0 Å². The molecule has 0 aliphatic rings. The monoisotopic (exact) mass is 325 g/mol. The van der Waals surface area contributed by atoms with Crippen molar-refractivity contribution in [2.45, 2.75) is 6.54 Å². The summed E-state index contributed by atoms with van der Waals surface area (Å²) < 4.78 is 2.43. The molecule has 0 atom stereocenters. The third-order valence-corrected chi connectivity index (χ3v) is 4.12. The van der Waals surface area contributed by atoms with Gasteiger partial charge in [0.15, 0.2) is 11.2 Å². The Labute approximate surface area is 114 Å². The number of hydrogen-bond acceptors (Lipinski definition) is 5. The number of fused-ring (bicyclic) bond motifs is 1. The topological polar surface area (TPSA) is 89.6 Å². The first-order valence-electron chi connectivity index (χ1n) is 5.09. The maximum Gasteiger partial charge on any atom is 0.283 e. The lowest BCUT2D eigenvalue weighted by atomic mass is 10.4. The fourth-order valence-electron chi connectivity index (χ4n) is 1.68. The van der Waals surface area contributed by atoms with Crippen molar-refractivity contribution in [3.8, 4) is 0 Å². The summed E-state index contributed by atoms with van der Waals surface area (Å²) in [7, 11) is 0. The summed E-state index contributed by atoms with van der Waals surface area (Å²) in [6.07, 6.45) is 1.44. The third kappa shape index (κ3) is 1.83. The van der Waals surface area contributed by atoms with Crippen molar-refractivity contribution >= 4 is 44.4 Å². The van der Waals surface area contributed by atoms with Gasteiger partial charge in [-0.1, -0.05) is 0 Å². The van der Waals surface area contributed by atoms with Crippen LogP contribution in [0.1, 0.15) is 4.88 Å². The summed E-state index contributed by atoms with van der Waals surface area (Å²) in [6, 6.07) is 3.87. The summed E-state index contributed by atoms with van der Waals surface area (Å²) in [5, 5.41) is 0. The van der Waals surface area contributed by atoms with Crippen molar-refractivity contribution in [2.24, 2.45) is 0 Å². The molecule has 0 saturated heterocycles. The smallest absolute Gasteiger partial charge is 0.283 e. The normalized spacial score (nSPS) is 11.2. The van der Waals surface area contributed by atoms with E-state index in [1.165, 1.54) is 10.9 Å². The van der Waals surface area contributed by atoms with E-state index in [2.05, 4.69) is 30.9 Å². The average molecular weight is 326 g/mol. The summed E-state index contributed by atoms with van der Waals surface area (Å²) >= 11 is 4.94. The van der Waals surface area contributed by atoms with Gasteiger partial charge in [-0.2, -0.15) is 4.98 Å². The van der Waals surface area contributed by atoms with E-state index in [1.807, 2.05) is 12.1 Å². The number of nitrogens with one attached hydrogen (secondary N) is 1. The molecule has 3 N–H and O–H groups in total. The number of H-pyrrole nitrogens is 1. The van der Waals surface area contributed by atoms with Gasteiger partial charge in [-0.05, 0) is 28.1 Å². The number of nitrogens with zero attached hydrogens (tertiary/aromatic N) is 3. The van der Waals surface area contributed by atoms with E-state index in [9.17, 15) is 4.79 Å². The first-order valence-corrected chi connectivity index (χ1v) is 6.69. The zero-order valence-corrected chi connectivity index (χ0v) is 11.5. The Hall–Kier alpha value is -1.67. The Morgan fingerprint density at radius 2 is 2.33 bits per heavy atom. The van der Waals surface area contributed by atoms with Crippen LogP contribution in [-0.4, -0.2) is 19.5 Å². The predicted molar refractivity (Wildman–Crippen MR) is 73.7 cm³/mol. The van der Waals surface area contributed by atoms with Gasteiger partial charge in [0.05, 0.1) is 16.7 Å². The molecular formula is C10H8BrN5OS. The molecule has 0 spiro atoms. The number of hydrogen-bond donors (Lipinski definition) is 2. The van der Waals surface area contributed by atoms with Crippen LogP contribution in [0.2, 0.25) is 0 Å². The van der Waals surface area contributed by atoms with Crippen LogP contribution >= 0.6 is 27.3 Å². The Bertz CT molecular complexity index is 774. The van der Waals surface area contributed by atoms with Crippen molar-refractivity contribution in [2.75, 3.05) is 5.73 Å². The SMILES string of the molecule is Nc1nc2[nH]cnc2c(=O)n1Cc1ccc(Br)s1. The highest BCUT2D eigenvalue weighted by atomic mass is 79.9. The van der Waals surface area contributed by atoms with E-state index in [4.69, 9.17) is 5.73 Å². The highest BCUT2D eigenvalue weighted by Crippen LogP contribution is 2.23. The van der Waals surface area contributed by atoms with E-state index in [1.54, 1.807) is 11.3 Å². The van der Waals surface area contributed by atoms with E-state index in [-0.39, 0.29) is 11.5 Å². The minimum Gasteiger partial charge on any atom is -0.369 e. The molecule has 6 nitrogen and oxygen atoms in total. The third-order valence-electron chi connectivity index (χ3n) is 2.51. The fraction of sp³-hybridized carbons (Fsp3) is 0.100. The molecule has 0 aliphatic carbocycles. The number of rotatable bonds is 2. The molecule has 0 aliphatic heterocycles. The summed E-state index contributed by atoms with van der Waals surface area (Å²) in [6.45, 7) is 0.400. The maximum atomic E-state index is 12.2. The molecule has 0 unspecified atom stereocenters. The Morgan fingerprint density at radius 1 is 1.50 bits per heavy atom. The molecule has 0 fully saturated rings. The van der Waals surface area contributed by atoms with Gasteiger partial charge in [0.2, 0.25) is 5.95 Å². The summed E-state index contributed by atoms with van der Waals surface area (Å²) in [5.74, 6) is 0.182. The number of thiophene rings is 1. The Balaban J connectivity index is 2.13. The molecule has 3 aromatic rings. The van der Waals surface area contributed by atoms with Crippen molar-refractivity contribution in [3.05, 3.63) is 37.5 Å². The van der Waals surface area contributed by atoms with Gasteiger partial charge < -0.3 is 10.7 Å². The van der Waals surface area contributed by atoms with Crippen LogP contribution in [0.15, 0.2) is 27.0 Å². The zero-order chi connectivity index (χ0) is 12.7. The van der Waals surface area contributed by atoms with Gasteiger partial charge in [0, 0.05) is 4.88 Å². The molecule has 0 amide bonds. The van der Waals surface area contributed by atoms with Gasteiger partial charge >= 0.3 is 0 Å². The highest BCUT2D eigenvalue weighted by molar-refractivity contribution is 9.11. The fourth-order valence-corrected chi connectivity index (χ4v) is 3.15. The number of halogens is 1. The molecule has 92 valence electrons. The standard InChI is InChI=1S/C10H8BrN5OS/c11-6-2-1-5(18-6)3-16-9(17)7-8(14-4-13-7)15-10(16)12/h1-2,4H,3H2,(H2,12,15)(H,13,14).